The molecule has 4 heteroatoms. The van der Waals surface area contributed by atoms with Crippen LogP contribution in [0.5, 0.6) is 0 Å². The molecule has 62 valence electrons. The Morgan fingerprint density at radius 1 is 1.64 bits per heavy atom. The minimum Gasteiger partial charge on any atom is -0.325 e. The second-order valence-corrected chi connectivity index (χ2v) is 3.24. The average Bonchev–Trinajstić information content (AvgIpc) is 2.19. The molecule has 0 aliphatic heterocycles. The van der Waals surface area contributed by atoms with Gasteiger partial charge in [0.2, 0.25) is 0 Å². The molecule has 0 bridgehead atoms. The van der Waals surface area contributed by atoms with Gasteiger partial charge in [-0.1, -0.05) is 0 Å². The summed E-state index contributed by atoms with van der Waals surface area (Å²) >= 11 is 3.44. The number of imidazole rings is 1. The standard InChI is InChI=1S/C7H12BrN3/c1-5-7(8)11(3)6(10-5)4-9-2/h9H,4H2,1-3H3. The van der Waals surface area contributed by atoms with Gasteiger partial charge in [-0.25, -0.2) is 4.98 Å². The smallest absolute Gasteiger partial charge is 0.123 e. The number of hydrogen-bond acceptors (Lipinski definition) is 2. The van der Waals surface area contributed by atoms with Crippen LogP contribution >= 0.6 is 15.9 Å². The zero-order valence-corrected chi connectivity index (χ0v) is 8.57. The molecule has 3 nitrogen and oxygen atoms in total. The Balaban J connectivity index is 2.98. The fourth-order valence-corrected chi connectivity index (χ4v) is 1.28. The van der Waals surface area contributed by atoms with E-state index in [1.807, 2.05) is 25.6 Å². The van der Waals surface area contributed by atoms with E-state index in [0.717, 1.165) is 22.7 Å². The fourth-order valence-electron chi connectivity index (χ4n) is 0.987. The van der Waals surface area contributed by atoms with Gasteiger partial charge in [0.05, 0.1) is 12.2 Å². The van der Waals surface area contributed by atoms with Crippen LogP contribution in [0.4, 0.5) is 0 Å². The highest BCUT2D eigenvalue weighted by atomic mass is 79.9. The third-order valence-corrected chi connectivity index (χ3v) is 2.72. The quantitative estimate of drug-likeness (QED) is 0.808. The molecule has 0 radical (unpaired) electrons. The van der Waals surface area contributed by atoms with Gasteiger partial charge in [-0.2, -0.15) is 0 Å². The molecule has 0 saturated carbocycles. The molecule has 0 saturated heterocycles. The van der Waals surface area contributed by atoms with E-state index < -0.39 is 0 Å². The van der Waals surface area contributed by atoms with Crippen molar-refractivity contribution in [3.63, 3.8) is 0 Å². The summed E-state index contributed by atoms with van der Waals surface area (Å²) in [7, 11) is 3.91. The van der Waals surface area contributed by atoms with E-state index in [1.165, 1.54) is 0 Å². The maximum atomic E-state index is 4.35. The Bertz CT molecular complexity index is 254. The topological polar surface area (TPSA) is 29.9 Å². The van der Waals surface area contributed by atoms with Crippen LogP contribution < -0.4 is 5.32 Å². The van der Waals surface area contributed by atoms with Gasteiger partial charge in [0.1, 0.15) is 10.4 Å². The van der Waals surface area contributed by atoms with Crippen molar-refractivity contribution in [2.75, 3.05) is 7.05 Å². The first-order valence-corrected chi connectivity index (χ1v) is 4.28. The Labute approximate surface area is 74.9 Å². The fraction of sp³-hybridized carbons (Fsp3) is 0.571. The normalized spacial score (nSPS) is 10.5. The van der Waals surface area contributed by atoms with E-state index in [2.05, 4.69) is 26.2 Å². The van der Waals surface area contributed by atoms with Crippen LogP contribution in [0.3, 0.4) is 0 Å². The largest absolute Gasteiger partial charge is 0.325 e. The van der Waals surface area contributed by atoms with Crippen molar-refractivity contribution in [1.82, 2.24) is 14.9 Å². The molecule has 1 rings (SSSR count). The van der Waals surface area contributed by atoms with Gasteiger partial charge in [-0.15, -0.1) is 0 Å². The molecule has 1 heterocycles. The van der Waals surface area contributed by atoms with E-state index >= 15 is 0 Å². The van der Waals surface area contributed by atoms with Crippen LogP contribution in [0, 0.1) is 6.92 Å². The van der Waals surface area contributed by atoms with E-state index in [4.69, 9.17) is 0 Å². The van der Waals surface area contributed by atoms with E-state index in [0.29, 0.717) is 0 Å². The van der Waals surface area contributed by atoms with Gasteiger partial charge in [0.25, 0.3) is 0 Å². The third-order valence-electron chi connectivity index (χ3n) is 1.61. The average molecular weight is 218 g/mol. The lowest BCUT2D eigenvalue weighted by Crippen LogP contribution is -2.10. The molecule has 0 amide bonds. The number of rotatable bonds is 2. The summed E-state index contributed by atoms with van der Waals surface area (Å²) in [6.45, 7) is 2.80. The van der Waals surface area contributed by atoms with Gasteiger partial charge in [-0.3, -0.25) is 0 Å². The number of aryl methyl sites for hydroxylation is 1. The summed E-state index contributed by atoms with van der Waals surface area (Å²) in [6.07, 6.45) is 0. The lowest BCUT2D eigenvalue weighted by molar-refractivity contribution is 0.703. The lowest BCUT2D eigenvalue weighted by Gasteiger charge is -1.99. The summed E-state index contributed by atoms with van der Waals surface area (Å²) in [5.74, 6) is 1.05. The van der Waals surface area contributed by atoms with Gasteiger partial charge in [0.15, 0.2) is 0 Å². The van der Waals surface area contributed by atoms with Gasteiger partial charge in [0, 0.05) is 7.05 Å². The maximum Gasteiger partial charge on any atom is 0.123 e. The molecule has 11 heavy (non-hydrogen) atoms. The summed E-state index contributed by atoms with van der Waals surface area (Å²) in [4.78, 5) is 4.35. The molecule has 0 spiro atoms. The maximum absolute atomic E-state index is 4.35. The van der Waals surface area contributed by atoms with Crippen LogP contribution in [0.15, 0.2) is 4.60 Å². The number of nitrogens with one attached hydrogen (secondary N) is 1. The van der Waals surface area contributed by atoms with Crippen LogP contribution in [0.1, 0.15) is 11.5 Å². The summed E-state index contributed by atoms with van der Waals surface area (Å²) in [5, 5.41) is 3.06. The van der Waals surface area contributed by atoms with Crippen molar-refractivity contribution in [2.45, 2.75) is 13.5 Å². The first-order chi connectivity index (χ1) is 5.16. The zero-order valence-electron chi connectivity index (χ0n) is 6.98. The summed E-state index contributed by atoms with van der Waals surface area (Å²) in [6, 6.07) is 0. The highest BCUT2D eigenvalue weighted by Gasteiger charge is 2.06. The van der Waals surface area contributed by atoms with Gasteiger partial charge < -0.3 is 9.88 Å². The van der Waals surface area contributed by atoms with Crippen LogP contribution in [-0.4, -0.2) is 16.6 Å². The SMILES string of the molecule is CNCc1nc(C)c(Br)n1C. The van der Waals surface area contributed by atoms with Crippen molar-refractivity contribution >= 4 is 15.9 Å². The van der Waals surface area contributed by atoms with Gasteiger partial charge >= 0.3 is 0 Å². The number of aromatic nitrogens is 2. The summed E-state index contributed by atoms with van der Waals surface area (Å²) in [5.41, 5.74) is 1.04. The molecule has 0 fully saturated rings. The van der Waals surface area contributed by atoms with E-state index in [-0.39, 0.29) is 0 Å². The second-order valence-electron chi connectivity index (χ2n) is 2.49. The van der Waals surface area contributed by atoms with E-state index in [1.54, 1.807) is 0 Å². The van der Waals surface area contributed by atoms with Crippen LogP contribution in [0.2, 0.25) is 0 Å². The molecule has 0 unspecified atom stereocenters. The minimum atomic E-state index is 0.808. The molecular formula is C7H12BrN3. The Morgan fingerprint density at radius 2 is 2.27 bits per heavy atom. The molecule has 1 N–H and O–H groups in total. The van der Waals surface area contributed by atoms with Crippen molar-refractivity contribution in [3.8, 4) is 0 Å². The highest BCUT2D eigenvalue weighted by molar-refractivity contribution is 9.10. The number of halogens is 1. The molecule has 0 aliphatic carbocycles. The molecule has 0 aromatic carbocycles. The van der Waals surface area contributed by atoms with Gasteiger partial charge in [-0.05, 0) is 29.9 Å². The van der Waals surface area contributed by atoms with Crippen LogP contribution in [0.25, 0.3) is 0 Å². The van der Waals surface area contributed by atoms with Crippen LogP contribution in [-0.2, 0) is 13.6 Å². The molecule has 1 aromatic rings. The molecule has 1 aromatic heterocycles. The van der Waals surface area contributed by atoms with Crippen molar-refractivity contribution < 1.29 is 0 Å². The Kier molecular flexibility index (Phi) is 2.67. The molecular weight excluding hydrogens is 206 g/mol. The molecule has 0 atom stereocenters. The Hall–Kier alpha value is -0.350. The Morgan fingerprint density at radius 3 is 2.64 bits per heavy atom. The third kappa shape index (κ3) is 1.62. The first-order valence-electron chi connectivity index (χ1n) is 3.49. The first kappa shape index (κ1) is 8.74. The highest BCUT2D eigenvalue weighted by Crippen LogP contribution is 2.15. The van der Waals surface area contributed by atoms with E-state index in [9.17, 15) is 0 Å². The monoisotopic (exact) mass is 217 g/mol. The lowest BCUT2D eigenvalue weighted by atomic mass is 10.6. The van der Waals surface area contributed by atoms with Crippen molar-refractivity contribution in [2.24, 2.45) is 7.05 Å². The number of hydrogen-bond donors (Lipinski definition) is 1. The predicted molar refractivity (Wildman–Crippen MR) is 48.4 cm³/mol. The zero-order chi connectivity index (χ0) is 8.43. The summed E-state index contributed by atoms with van der Waals surface area (Å²) < 4.78 is 3.09. The molecule has 0 aliphatic rings. The second kappa shape index (κ2) is 3.36. The van der Waals surface area contributed by atoms with Crippen molar-refractivity contribution in [1.29, 1.82) is 0 Å². The van der Waals surface area contributed by atoms with Crippen molar-refractivity contribution in [3.05, 3.63) is 16.1 Å². The minimum absolute atomic E-state index is 0.808. The number of nitrogens with zero attached hydrogens (tertiary/aromatic N) is 2. The predicted octanol–water partition coefficient (Wildman–Crippen LogP) is 1.21.